The summed E-state index contributed by atoms with van der Waals surface area (Å²) in [6.45, 7) is 1.89. The summed E-state index contributed by atoms with van der Waals surface area (Å²) < 4.78 is 5.39. The minimum absolute atomic E-state index is 0.186. The molecule has 1 heterocycles. The highest BCUT2D eigenvalue weighted by Gasteiger charge is 2.32. The van der Waals surface area contributed by atoms with Crippen LogP contribution in [0.5, 0.6) is 5.75 Å². The van der Waals surface area contributed by atoms with Crippen molar-refractivity contribution in [1.82, 2.24) is 0 Å². The molecule has 3 heteroatoms. The summed E-state index contributed by atoms with van der Waals surface area (Å²) in [4.78, 5) is 12.1. The molecular formula is C19H14O3. The molecule has 0 spiro atoms. The molecule has 0 bridgehead atoms. The Morgan fingerprint density at radius 3 is 2.59 bits per heavy atom. The second kappa shape index (κ2) is 4.60. The number of hydrogen-bond acceptors (Lipinski definition) is 3. The molecule has 22 heavy (non-hydrogen) atoms. The van der Waals surface area contributed by atoms with E-state index in [1.165, 1.54) is 0 Å². The van der Waals surface area contributed by atoms with Gasteiger partial charge in [-0.25, -0.2) is 4.79 Å². The maximum absolute atomic E-state index is 12.1. The van der Waals surface area contributed by atoms with Gasteiger partial charge in [-0.15, -0.1) is 0 Å². The molecule has 0 aliphatic carbocycles. The highest BCUT2D eigenvalue weighted by molar-refractivity contribution is 6.07. The Labute approximate surface area is 127 Å². The largest absolute Gasteiger partial charge is 0.508 e. The van der Waals surface area contributed by atoms with Gasteiger partial charge in [0.2, 0.25) is 0 Å². The van der Waals surface area contributed by atoms with E-state index in [-0.39, 0.29) is 17.8 Å². The quantitative estimate of drug-likeness (QED) is 0.674. The van der Waals surface area contributed by atoms with Crippen LogP contribution in [-0.4, -0.2) is 11.1 Å². The third-order valence-corrected chi connectivity index (χ3v) is 4.14. The third kappa shape index (κ3) is 1.79. The maximum atomic E-state index is 12.1. The van der Waals surface area contributed by atoms with Crippen LogP contribution in [0.3, 0.4) is 0 Å². The highest BCUT2D eigenvalue weighted by Crippen LogP contribution is 2.43. The predicted molar refractivity (Wildman–Crippen MR) is 84.9 cm³/mol. The van der Waals surface area contributed by atoms with Crippen molar-refractivity contribution in [2.24, 2.45) is 0 Å². The van der Waals surface area contributed by atoms with Crippen molar-refractivity contribution in [3.63, 3.8) is 0 Å². The molecular weight excluding hydrogens is 276 g/mol. The first-order chi connectivity index (χ1) is 10.6. The van der Waals surface area contributed by atoms with E-state index in [4.69, 9.17) is 4.74 Å². The van der Waals surface area contributed by atoms with E-state index in [1.54, 1.807) is 12.1 Å². The summed E-state index contributed by atoms with van der Waals surface area (Å²) in [6, 6.07) is 17.0. The Kier molecular flexibility index (Phi) is 2.70. The van der Waals surface area contributed by atoms with Gasteiger partial charge in [-0.3, -0.25) is 0 Å². The van der Waals surface area contributed by atoms with Crippen LogP contribution >= 0.6 is 0 Å². The standard InChI is InChI=1S/C19H14O3/c1-11-17-16(19(21)22-11)10-13-9-14(20)7-8-15(13)18(17)12-5-3-2-4-6-12/h2-11,20H,1H3/t11-/m0/s1. The SMILES string of the molecule is C[C@@H]1OC(=O)c2cc3cc(O)ccc3c(-c3ccccc3)c21. The van der Waals surface area contributed by atoms with Crippen molar-refractivity contribution in [2.45, 2.75) is 13.0 Å². The van der Waals surface area contributed by atoms with E-state index in [9.17, 15) is 9.90 Å². The molecule has 1 aliphatic heterocycles. The molecule has 0 unspecified atom stereocenters. The van der Waals surface area contributed by atoms with Gasteiger partial charge >= 0.3 is 5.97 Å². The van der Waals surface area contributed by atoms with Crippen LogP contribution in [0.1, 0.15) is 28.9 Å². The molecule has 3 aromatic rings. The zero-order valence-corrected chi connectivity index (χ0v) is 12.0. The van der Waals surface area contributed by atoms with Gasteiger partial charge in [-0.05, 0) is 47.0 Å². The van der Waals surface area contributed by atoms with Gasteiger partial charge in [0, 0.05) is 5.56 Å². The Morgan fingerprint density at radius 2 is 1.82 bits per heavy atom. The number of carbonyl (C=O) groups excluding carboxylic acids is 1. The average Bonchev–Trinajstić information content (AvgIpc) is 2.80. The number of rotatable bonds is 1. The molecule has 0 fully saturated rings. The van der Waals surface area contributed by atoms with Gasteiger partial charge in [0.25, 0.3) is 0 Å². The molecule has 0 radical (unpaired) electrons. The summed E-state index contributed by atoms with van der Waals surface area (Å²) in [5, 5.41) is 11.6. The lowest BCUT2D eigenvalue weighted by Crippen LogP contribution is -1.95. The number of phenols is 1. The number of ether oxygens (including phenoxy) is 1. The molecule has 0 saturated carbocycles. The van der Waals surface area contributed by atoms with Crippen LogP contribution in [-0.2, 0) is 4.74 Å². The molecule has 3 aromatic carbocycles. The second-order valence-corrected chi connectivity index (χ2v) is 5.53. The maximum Gasteiger partial charge on any atom is 0.339 e. The lowest BCUT2D eigenvalue weighted by Gasteiger charge is -2.14. The molecule has 4 rings (SSSR count). The van der Waals surface area contributed by atoms with E-state index in [0.717, 1.165) is 27.5 Å². The lowest BCUT2D eigenvalue weighted by molar-refractivity contribution is 0.0422. The number of benzene rings is 3. The molecule has 108 valence electrons. The molecule has 1 atom stereocenters. The first-order valence-corrected chi connectivity index (χ1v) is 7.21. The molecule has 1 aliphatic rings. The Hall–Kier alpha value is -2.81. The number of phenolic OH excluding ortho intramolecular Hbond substituents is 1. The smallest absolute Gasteiger partial charge is 0.339 e. The second-order valence-electron chi connectivity index (χ2n) is 5.53. The first-order valence-electron chi connectivity index (χ1n) is 7.21. The summed E-state index contributed by atoms with van der Waals surface area (Å²) in [6.07, 6.45) is -0.268. The zero-order valence-electron chi connectivity index (χ0n) is 12.0. The fourth-order valence-corrected chi connectivity index (χ4v) is 3.20. The third-order valence-electron chi connectivity index (χ3n) is 4.14. The van der Waals surface area contributed by atoms with Crippen LogP contribution in [0.2, 0.25) is 0 Å². The predicted octanol–water partition coefficient (Wildman–Crippen LogP) is 4.44. The monoisotopic (exact) mass is 290 g/mol. The van der Waals surface area contributed by atoms with Crippen molar-refractivity contribution in [3.8, 4) is 16.9 Å². The fraction of sp³-hybridized carbons (Fsp3) is 0.105. The van der Waals surface area contributed by atoms with Gasteiger partial charge in [-0.2, -0.15) is 0 Å². The van der Waals surface area contributed by atoms with E-state index < -0.39 is 0 Å². The minimum Gasteiger partial charge on any atom is -0.508 e. The molecule has 1 N–H and O–H groups in total. The number of hydrogen-bond donors (Lipinski definition) is 1. The van der Waals surface area contributed by atoms with Crippen molar-refractivity contribution in [1.29, 1.82) is 0 Å². The molecule has 0 amide bonds. The van der Waals surface area contributed by atoms with Crippen LogP contribution in [0.4, 0.5) is 0 Å². The number of aromatic hydroxyl groups is 1. The summed E-state index contributed by atoms with van der Waals surface area (Å²) in [7, 11) is 0. The highest BCUT2D eigenvalue weighted by atomic mass is 16.5. The van der Waals surface area contributed by atoms with Gasteiger partial charge in [-0.1, -0.05) is 36.4 Å². The lowest BCUT2D eigenvalue weighted by atomic mass is 9.88. The van der Waals surface area contributed by atoms with Gasteiger partial charge in [0.15, 0.2) is 0 Å². The van der Waals surface area contributed by atoms with Crippen molar-refractivity contribution in [3.05, 3.63) is 65.7 Å². The summed E-state index contributed by atoms with van der Waals surface area (Å²) >= 11 is 0. The van der Waals surface area contributed by atoms with Crippen molar-refractivity contribution < 1.29 is 14.6 Å². The van der Waals surface area contributed by atoms with E-state index in [2.05, 4.69) is 0 Å². The van der Waals surface area contributed by atoms with E-state index in [0.29, 0.717) is 5.56 Å². The van der Waals surface area contributed by atoms with Crippen LogP contribution in [0.25, 0.3) is 21.9 Å². The minimum atomic E-state index is -0.301. The number of fused-ring (bicyclic) bond motifs is 2. The molecule has 0 aromatic heterocycles. The van der Waals surface area contributed by atoms with Gasteiger partial charge in [0.1, 0.15) is 11.9 Å². The molecule has 0 saturated heterocycles. The fourth-order valence-electron chi connectivity index (χ4n) is 3.20. The van der Waals surface area contributed by atoms with E-state index in [1.807, 2.05) is 49.4 Å². The van der Waals surface area contributed by atoms with Crippen molar-refractivity contribution >= 4 is 16.7 Å². The summed E-state index contributed by atoms with van der Waals surface area (Å²) in [5.74, 6) is -0.115. The molecule has 3 nitrogen and oxygen atoms in total. The van der Waals surface area contributed by atoms with Gasteiger partial charge < -0.3 is 9.84 Å². The Balaban J connectivity index is 2.17. The topological polar surface area (TPSA) is 46.5 Å². The first kappa shape index (κ1) is 12.9. The summed E-state index contributed by atoms with van der Waals surface area (Å²) in [5.41, 5.74) is 3.56. The van der Waals surface area contributed by atoms with Crippen LogP contribution < -0.4 is 0 Å². The zero-order chi connectivity index (χ0) is 15.3. The number of esters is 1. The number of carbonyl (C=O) groups is 1. The normalized spacial score (nSPS) is 16.6. The van der Waals surface area contributed by atoms with Crippen molar-refractivity contribution in [2.75, 3.05) is 0 Å². The van der Waals surface area contributed by atoms with Crippen LogP contribution in [0, 0.1) is 0 Å². The van der Waals surface area contributed by atoms with E-state index >= 15 is 0 Å². The Morgan fingerprint density at radius 1 is 1.05 bits per heavy atom. The van der Waals surface area contributed by atoms with Crippen LogP contribution in [0.15, 0.2) is 54.6 Å². The van der Waals surface area contributed by atoms with Gasteiger partial charge in [0.05, 0.1) is 5.56 Å². The average molecular weight is 290 g/mol. The number of cyclic esters (lactones) is 1. The Bertz CT molecular complexity index is 897.